The molecule has 0 spiro atoms. The third kappa shape index (κ3) is 6.05. The first-order chi connectivity index (χ1) is 10.1. The highest BCUT2D eigenvalue weighted by atomic mass is 79.9. The maximum atomic E-state index is 12.0. The quantitative estimate of drug-likeness (QED) is 0.750. The van der Waals surface area contributed by atoms with Gasteiger partial charge >= 0.3 is 12.1 Å². The summed E-state index contributed by atoms with van der Waals surface area (Å²) in [7, 11) is 1.65. The Hall–Kier alpha value is -1.56. The van der Waals surface area contributed by atoms with Crippen LogP contribution in [-0.4, -0.2) is 36.2 Å². The third-order valence-corrected chi connectivity index (χ3v) is 3.05. The minimum atomic E-state index is -0.543. The Labute approximate surface area is 139 Å². The van der Waals surface area contributed by atoms with E-state index in [1.807, 2.05) is 26.8 Å². The summed E-state index contributed by atoms with van der Waals surface area (Å²) >= 11 is 3.37. The van der Waals surface area contributed by atoms with Gasteiger partial charge in [0.15, 0.2) is 0 Å². The van der Waals surface area contributed by atoms with E-state index in [2.05, 4.69) is 15.9 Å². The van der Waals surface area contributed by atoms with Crippen LogP contribution in [0, 0.1) is 0 Å². The Balaban J connectivity index is 2.85. The molecule has 0 aromatic heterocycles. The van der Waals surface area contributed by atoms with Crippen molar-refractivity contribution < 1.29 is 19.1 Å². The normalized spacial score (nSPS) is 11.0. The van der Waals surface area contributed by atoms with Gasteiger partial charge in [0, 0.05) is 18.1 Å². The highest BCUT2D eigenvalue weighted by Gasteiger charge is 2.20. The lowest BCUT2D eigenvalue weighted by atomic mass is 10.1. The number of esters is 1. The fourth-order valence-corrected chi connectivity index (χ4v) is 2.29. The zero-order valence-corrected chi connectivity index (χ0v) is 15.2. The van der Waals surface area contributed by atoms with Crippen molar-refractivity contribution >= 4 is 28.0 Å². The number of nitrogens with zero attached hydrogens (tertiary/aromatic N) is 1. The summed E-state index contributed by atoms with van der Waals surface area (Å²) in [5, 5.41) is 0. The second-order valence-electron chi connectivity index (χ2n) is 5.91. The van der Waals surface area contributed by atoms with Gasteiger partial charge in [-0.3, -0.25) is 0 Å². The minimum absolute atomic E-state index is 0.318. The van der Waals surface area contributed by atoms with Crippen LogP contribution in [0.15, 0.2) is 22.7 Å². The molecule has 0 N–H and O–H groups in total. The summed E-state index contributed by atoms with van der Waals surface area (Å²) in [5.74, 6) is -0.384. The van der Waals surface area contributed by atoms with Crippen LogP contribution in [0.2, 0.25) is 0 Å². The van der Waals surface area contributed by atoms with Gasteiger partial charge in [-0.05, 0) is 51.5 Å². The molecule has 0 atom stereocenters. The molecule has 1 rings (SSSR count). The van der Waals surface area contributed by atoms with Crippen LogP contribution < -0.4 is 0 Å². The molecule has 0 unspecified atom stereocenters. The van der Waals surface area contributed by atoms with Crippen molar-refractivity contribution in [1.82, 2.24) is 4.90 Å². The van der Waals surface area contributed by atoms with Gasteiger partial charge in [0.2, 0.25) is 0 Å². The van der Waals surface area contributed by atoms with E-state index < -0.39 is 11.7 Å². The van der Waals surface area contributed by atoms with Crippen molar-refractivity contribution in [3.05, 3.63) is 33.8 Å². The maximum Gasteiger partial charge on any atom is 0.410 e. The summed E-state index contributed by atoms with van der Waals surface area (Å²) in [6.07, 6.45) is -0.412. The van der Waals surface area contributed by atoms with Crippen molar-refractivity contribution in [2.24, 2.45) is 0 Å². The smallest absolute Gasteiger partial charge is 0.410 e. The number of halogens is 1. The second-order valence-corrected chi connectivity index (χ2v) is 6.82. The molecular weight excluding hydrogens is 350 g/mol. The van der Waals surface area contributed by atoms with Gasteiger partial charge in [-0.25, -0.2) is 9.59 Å². The fourth-order valence-electron chi connectivity index (χ4n) is 1.75. The van der Waals surface area contributed by atoms with Crippen LogP contribution in [0.5, 0.6) is 0 Å². The van der Waals surface area contributed by atoms with Gasteiger partial charge < -0.3 is 14.4 Å². The number of carbonyl (C=O) groups excluding carboxylic acids is 2. The summed E-state index contributed by atoms with van der Waals surface area (Å²) in [6.45, 7) is 7.86. The molecule has 0 heterocycles. The second kappa shape index (κ2) is 7.63. The van der Waals surface area contributed by atoms with Crippen LogP contribution in [0.4, 0.5) is 4.79 Å². The molecule has 0 fully saturated rings. The molecule has 1 aromatic carbocycles. The van der Waals surface area contributed by atoms with Crippen molar-refractivity contribution in [2.45, 2.75) is 39.8 Å². The Morgan fingerprint density at radius 1 is 1.23 bits per heavy atom. The van der Waals surface area contributed by atoms with E-state index in [9.17, 15) is 9.59 Å². The minimum Gasteiger partial charge on any atom is -0.462 e. The topological polar surface area (TPSA) is 55.8 Å². The van der Waals surface area contributed by atoms with E-state index in [1.165, 1.54) is 4.90 Å². The first-order valence-corrected chi connectivity index (χ1v) is 7.82. The number of rotatable bonds is 4. The molecule has 0 saturated heterocycles. The summed E-state index contributed by atoms with van der Waals surface area (Å²) in [4.78, 5) is 25.2. The van der Waals surface area contributed by atoms with E-state index in [0.29, 0.717) is 18.7 Å². The number of amides is 1. The molecule has 5 nitrogen and oxygen atoms in total. The zero-order chi connectivity index (χ0) is 16.9. The number of hydrogen-bond acceptors (Lipinski definition) is 4. The monoisotopic (exact) mass is 371 g/mol. The number of benzene rings is 1. The van der Waals surface area contributed by atoms with Crippen LogP contribution in [0.25, 0.3) is 0 Å². The average molecular weight is 372 g/mol. The Morgan fingerprint density at radius 3 is 2.41 bits per heavy atom. The van der Waals surface area contributed by atoms with Gasteiger partial charge in [-0.15, -0.1) is 0 Å². The molecule has 22 heavy (non-hydrogen) atoms. The predicted octanol–water partition coefficient (Wildman–Crippen LogP) is 3.99. The number of carbonyl (C=O) groups is 2. The van der Waals surface area contributed by atoms with Gasteiger partial charge in [0.1, 0.15) is 5.60 Å². The van der Waals surface area contributed by atoms with Gasteiger partial charge in [-0.1, -0.05) is 15.9 Å². The SMILES string of the molecule is CCOC(=O)c1cc(Br)cc(CN(C)C(=O)OC(C)(C)C)c1. The predicted molar refractivity (Wildman–Crippen MR) is 87.8 cm³/mol. The molecule has 0 aliphatic heterocycles. The maximum absolute atomic E-state index is 12.0. The van der Waals surface area contributed by atoms with Gasteiger partial charge in [0.05, 0.1) is 12.2 Å². The number of ether oxygens (including phenoxy) is 2. The largest absolute Gasteiger partial charge is 0.462 e. The Kier molecular flexibility index (Phi) is 6.41. The molecule has 0 bridgehead atoms. The zero-order valence-electron chi connectivity index (χ0n) is 13.6. The molecule has 0 saturated carbocycles. The standard InChI is InChI=1S/C16H22BrNO4/c1-6-21-14(19)12-7-11(8-13(17)9-12)10-18(5)15(20)22-16(2,3)4/h7-9H,6,10H2,1-5H3. The first-order valence-electron chi connectivity index (χ1n) is 7.03. The van der Waals surface area contributed by atoms with E-state index >= 15 is 0 Å². The van der Waals surface area contributed by atoms with Crippen molar-refractivity contribution in [3.63, 3.8) is 0 Å². The van der Waals surface area contributed by atoms with E-state index in [0.717, 1.165) is 10.0 Å². The van der Waals surface area contributed by atoms with E-state index in [-0.39, 0.29) is 5.97 Å². The summed E-state index contributed by atoms with van der Waals surface area (Å²) in [5.41, 5.74) is 0.716. The highest BCUT2D eigenvalue weighted by molar-refractivity contribution is 9.10. The first kappa shape index (κ1) is 18.5. The highest BCUT2D eigenvalue weighted by Crippen LogP contribution is 2.19. The number of hydrogen-bond donors (Lipinski definition) is 0. The molecule has 1 amide bonds. The average Bonchev–Trinajstić information content (AvgIpc) is 2.36. The van der Waals surface area contributed by atoms with Crippen LogP contribution in [-0.2, 0) is 16.0 Å². The van der Waals surface area contributed by atoms with Crippen molar-refractivity contribution in [1.29, 1.82) is 0 Å². The van der Waals surface area contributed by atoms with Gasteiger partial charge in [-0.2, -0.15) is 0 Å². The molecule has 122 valence electrons. The lowest BCUT2D eigenvalue weighted by Gasteiger charge is -2.24. The van der Waals surface area contributed by atoms with Crippen molar-refractivity contribution in [2.75, 3.05) is 13.7 Å². The molecule has 0 aliphatic carbocycles. The third-order valence-electron chi connectivity index (χ3n) is 2.59. The van der Waals surface area contributed by atoms with Gasteiger partial charge in [0.25, 0.3) is 0 Å². The van der Waals surface area contributed by atoms with Crippen LogP contribution in [0.1, 0.15) is 43.6 Å². The van der Waals surface area contributed by atoms with Crippen molar-refractivity contribution in [3.8, 4) is 0 Å². The molecule has 0 radical (unpaired) electrons. The fraction of sp³-hybridized carbons (Fsp3) is 0.500. The lowest BCUT2D eigenvalue weighted by molar-refractivity contribution is 0.0285. The molecule has 0 aliphatic rings. The lowest BCUT2D eigenvalue weighted by Crippen LogP contribution is -2.33. The van der Waals surface area contributed by atoms with Crippen LogP contribution >= 0.6 is 15.9 Å². The van der Waals surface area contributed by atoms with Crippen LogP contribution in [0.3, 0.4) is 0 Å². The Bertz CT molecular complexity index is 552. The Morgan fingerprint density at radius 2 is 1.86 bits per heavy atom. The molecular formula is C16H22BrNO4. The van der Waals surface area contributed by atoms with E-state index in [1.54, 1.807) is 26.1 Å². The summed E-state index contributed by atoms with van der Waals surface area (Å²) < 4.78 is 11.0. The van der Waals surface area contributed by atoms with E-state index in [4.69, 9.17) is 9.47 Å². The summed E-state index contributed by atoms with van der Waals surface area (Å²) in [6, 6.07) is 5.25. The molecule has 1 aromatic rings. The molecule has 6 heteroatoms.